The van der Waals surface area contributed by atoms with Gasteiger partial charge in [0.15, 0.2) is 0 Å². The second-order valence-electron chi connectivity index (χ2n) is 6.00. The summed E-state index contributed by atoms with van der Waals surface area (Å²) in [5, 5.41) is 0. The van der Waals surface area contributed by atoms with Crippen molar-refractivity contribution in [1.82, 2.24) is 0 Å². The van der Waals surface area contributed by atoms with Crippen LogP contribution in [-0.4, -0.2) is 0 Å². The lowest BCUT2D eigenvalue weighted by Crippen LogP contribution is -1.87. The molecule has 0 saturated heterocycles. The number of hydrogen-bond acceptors (Lipinski definition) is 0. The van der Waals surface area contributed by atoms with Crippen LogP contribution in [0, 0.1) is 0 Å². The molecule has 0 spiro atoms. The van der Waals surface area contributed by atoms with E-state index in [2.05, 4.69) is 119 Å². The molecule has 0 aliphatic rings. The van der Waals surface area contributed by atoms with Gasteiger partial charge in [-0.05, 0) is 51.6 Å². The van der Waals surface area contributed by atoms with Crippen LogP contribution >= 0.6 is 15.9 Å². The van der Waals surface area contributed by atoms with Crippen molar-refractivity contribution in [2.24, 2.45) is 0 Å². The normalized spacial score (nSPS) is 10.6. The quantitative estimate of drug-likeness (QED) is 0.344. The molecule has 0 radical (unpaired) electrons. The second kappa shape index (κ2) is 7.08. The van der Waals surface area contributed by atoms with Gasteiger partial charge in [-0.1, -0.05) is 101 Å². The SMILES string of the molecule is Brc1ccc(-c2ccc(-c3ccccc3)c(-c3ccccc3)c2)cc1. The Kier molecular flexibility index (Phi) is 4.49. The maximum Gasteiger partial charge on any atom is 0.0175 e. The zero-order chi connectivity index (χ0) is 17.1. The highest BCUT2D eigenvalue weighted by Crippen LogP contribution is 2.35. The molecule has 4 aromatic carbocycles. The van der Waals surface area contributed by atoms with Crippen molar-refractivity contribution in [3.63, 3.8) is 0 Å². The third-order valence-electron chi connectivity index (χ3n) is 4.37. The molecule has 120 valence electrons. The van der Waals surface area contributed by atoms with Gasteiger partial charge in [-0.3, -0.25) is 0 Å². The van der Waals surface area contributed by atoms with Crippen molar-refractivity contribution >= 4 is 15.9 Å². The first kappa shape index (κ1) is 15.9. The molecule has 0 fully saturated rings. The summed E-state index contributed by atoms with van der Waals surface area (Å²) in [7, 11) is 0. The average molecular weight is 385 g/mol. The summed E-state index contributed by atoms with van der Waals surface area (Å²) >= 11 is 3.51. The van der Waals surface area contributed by atoms with Gasteiger partial charge in [-0.15, -0.1) is 0 Å². The van der Waals surface area contributed by atoms with Gasteiger partial charge in [-0.25, -0.2) is 0 Å². The van der Waals surface area contributed by atoms with Crippen molar-refractivity contribution in [1.29, 1.82) is 0 Å². The Labute approximate surface area is 156 Å². The van der Waals surface area contributed by atoms with Crippen LogP contribution in [-0.2, 0) is 0 Å². The van der Waals surface area contributed by atoms with Crippen LogP contribution in [0.3, 0.4) is 0 Å². The molecule has 4 rings (SSSR count). The van der Waals surface area contributed by atoms with Gasteiger partial charge in [0.2, 0.25) is 0 Å². The Balaban J connectivity index is 1.90. The van der Waals surface area contributed by atoms with Gasteiger partial charge in [-0.2, -0.15) is 0 Å². The van der Waals surface area contributed by atoms with E-state index in [-0.39, 0.29) is 0 Å². The topological polar surface area (TPSA) is 0 Å². The van der Waals surface area contributed by atoms with E-state index in [9.17, 15) is 0 Å². The molecule has 1 heteroatoms. The van der Waals surface area contributed by atoms with Gasteiger partial charge in [0, 0.05) is 4.47 Å². The summed E-state index contributed by atoms with van der Waals surface area (Å²) in [5.41, 5.74) is 7.44. The van der Waals surface area contributed by atoms with E-state index in [0.29, 0.717) is 0 Å². The van der Waals surface area contributed by atoms with E-state index in [1.807, 2.05) is 0 Å². The van der Waals surface area contributed by atoms with Gasteiger partial charge in [0.1, 0.15) is 0 Å². The highest BCUT2D eigenvalue weighted by Gasteiger charge is 2.09. The fraction of sp³-hybridized carbons (Fsp3) is 0. The van der Waals surface area contributed by atoms with E-state index >= 15 is 0 Å². The second-order valence-corrected chi connectivity index (χ2v) is 6.91. The molecule has 0 aliphatic carbocycles. The highest BCUT2D eigenvalue weighted by molar-refractivity contribution is 9.10. The Morgan fingerprint density at radius 2 is 0.920 bits per heavy atom. The van der Waals surface area contributed by atoms with Crippen LogP contribution < -0.4 is 0 Å². The third kappa shape index (κ3) is 3.42. The van der Waals surface area contributed by atoms with E-state index in [1.54, 1.807) is 0 Å². The number of benzene rings is 4. The first-order valence-electron chi connectivity index (χ1n) is 8.32. The maximum absolute atomic E-state index is 3.51. The molecular formula is C24H17Br. The van der Waals surface area contributed by atoms with E-state index in [1.165, 1.54) is 33.4 Å². The Bertz CT molecular complexity index is 971. The number of halogens is 1. The van der Waals surface area contributed by atoms with Crippen LogP contribution in [0.15, 0.2) is 108 Å². The number of hydrogen-bond donors (Lipinski definition) is 0. The summed E-state index contributed by atoms with van der Waals surface area (Å²) in [6.45, 7) is 0. The largest absolute Gasteiger partial charge is 0.0622 e. The fourth-order valence-electron chi connectivity index (χ4n) is 3.09. The molecule has 0 aromatic heterocycles. The van der Waals surface area contributed by atoms with Crippen molar-refractivity contribution in [2.45, 2.75) is 0 Å². The average Bonchev–Trinajstić information content (AvgIpc) is 2.69. The van der Waals surface area contributed by atoms with Gasteiger partial charge in [0.05, 0.1) is 0 Å². The summed E-state index contributed by atoms with van der Waals surface area (Å²) in [6, 6.07) is 36.4. The summed E-state index contributed by atoms with van der Waals surface area (Å²) in [5.74, 6) is 0. The lowest BCUT2D eigenvalue weighted by molar-refractivity contribution is 1.55. The molecule has 0 bridgehead atoms. The summed E-state index contributed by atoms with van der Waals surface area (Å²) < 4.78 is 1.10. The first-order chi connectivity index (χ1) is 12.3. The molecule has 0 amide bonds. The lowest BCUT2D eigenvalue weighted by atomic mass is 9.91. The third-order valence-corrected chi connectivity index (χ3v) is 4.90. The molecular weight excluding hydrogens is 368 g/mol. The molecule has 0 unspecified atom stereocenters. The van der Waals surface area contributed by atoms with Crippen molar-refractivity contribution < 1.29 is 0 Å². The molecule has 0 saturated carbocycles. The summed E-state index contributed by atoms with van der Waals surface area (Å²) in [4.78, 5) is 0. The zero-order valence-corrected chi connectivity index (χ0v) is 15.3. The maximum atomic E-state index is 3.51. The van der Waals surface area contributed by atoms with E-state index in [4.69, 9.17) is 0 Å². The van der Waals surface area contributed by atoms with Crippen LogP contribution in [0.2, 0.25) is 0 Å². The van der Waals surface area contributed by atoms with Crippen molar-refractivity contribution in [3.8, 4) is 33.4 Å². The zero-order valence-electron chi connectivity index (χ0n) is 13.7. The van der Waals surface area contributed by atoms with Gasteiger partial charge < -0.3 is 0 Å². The molecule has 0 N–H and O–H groups in total. The van der Waals surface area contributed by atoms with Crippen LogP contribution in [0.5, 0.6) is 0 Å². The standard InChI is InChI=1S/C24H17Br/c25-22-14-11-18(12-15-22)21-13-16-23(19-7-3-1-4-8-19)24(17-21)20-9-5-2-6-10-20/h1-17H. The molecule has 0 aliphatic heterocycles. The van der Waals surface area contributed by atoms with Crippen LogP contribution in [0.25, 0.3) is 33.4 Å². The Hall–Kier alpha value is -2.64. The smallest absolute Gasteiger partial charge is 0.0175 e. The van der Waals surface area contributed by atoms with Crippen LogP contribution in [0.4, 0.5) is 0 Å². The van der Waals surface area contributed by atoms with Crippen molar-refractivity contribution in [2.75, 3.05) is 0 Å². The minimum Gasteiger partial charge on any atom is -0.0622 e. The molecule has 0 heterocycles. The molecule has 4 aromatic rings. The Morgan fingerprint density at radius 1 is 0.400 bits per heavy atom. The van der Waals surface area contributed by atoms with E-state index < -0.39 is 0 Å². The van der Waals surface area contributed by atoms with Gasteiger partial charge >= 0.3 is 0 Å². The van der Waals surface area contributed by atoms with Crippen LogP contribution in [0.1, 0.15) is 0 Å². The monoisotopic (exact) mass is 384 g/mol. The number of rotatable bonds is 3. The van der Waals surface area contributed by atoms with Crippen molar-refractivity contribution in [3.05, 3.63) is 108 Å². The first-order valence-corrected chi connectivity index (χ1v) is 9.11. The minimum absolute atomic E-state index is 1.10. The predicted octanol–water partition coefficient (Wildman–Crippen LogP) is 7.45. The van der Waals surface area contributed by atoms with Gasteiger partial charge in [0.25, 0.3) is 0 Å². The molecule has 0 atom stereocenters. The lowest BCUT2D eigenvalue weighted by Gasteiger charge is -2.13. The molecule has 25 heavy (non-hydrogen) atoms. The summed E-state index contributed by atoms with van der Waals surface area (Å²) in [6.07, 6.45) is 0. The highest BCUT2D eigenvalue weighted by atomic mass is 79.9. The Morgan fingerprint density at radius 3 is 1.52 bits per heavy atom. The molecule has 0 nitrogen and oxygen atoms in total. The minimum atomic E-state index is 1.10. The van der Waals surface area contributed by atoms with E-state index in [0.717, 1.165) is 4.47 Å². The fourth-order valence-corrected chi connectivity index (χ4v) is 3.36. The predicted molar refractivity (Wildman–Crippen MR) is 110 cm³/mol.